The van der Waals surface area contributed by atoms with E-state index in [0.29, 0.717) is 10.7 Å². The second-order valence-electron chi connectivity index (χ2n) is 5.24. The lowest BCUT2D eigenvalue weighted by molar-refractivity contribution is 0.595. The van der Waals surface area contributed by atoms with Gasteiger partial charge in [-0.05, 0) is 35.2 Å². The Hall–Kier alpha value is -2.38. The van der Waals surface area contributed by atoms with E-state index in [-0.39, 0.29) is 9.79 Å². The maximum atomic E-state index is 13.2. The van der Waals surface area contributed by atoms with E-state index in [2.05, 4.69) is 10.1 Å². The first kappa shape index (κ1) is 15.2. The van der Waals surface area contributed by atoms with Gasteiger partial charge in [0.1, 0.15) is 5.03 Å². The fraction of sp³-hybridized carbons (Fsp3) is 0.0588. The molecule has 0 amide bonds. The third-order valence-electron chi connectivity index (χ3n) is 3.82. The van der Waals surface area contributed by atoms with Gasteiger partial charge < -0.3 is 0 Å². The molecular weight excluding hydrogens is 342 g/mol. The SMILES string of the molecule is CSc1nn2cccnc2c1S(=O)(=O)c1ccc2ccccc2c1. The van der Waals surface area contributed by atoms with Crippen molar-refractivity contribution in [3.8, 4) is 0 Å². The molecule has 2 aromatic heterocycles. The zero-order valence-electron chi connectivity index (χ0n) is 12.7. The lowest BCUT2D eigenvalue weighted by Crippen LogP contribution is -2.03. The van der Waals surface area contributed by atoms with Gasteiger partial charge >= 0.3 is 0 Å². The van der Waals surface area contributed by atoms with Gasteiger partial charge in [0.2, 0.25) is 9.84 Å². The summed E-state index contributed by atoms with van der Waals surface area (Å²) < 4.78 is 28.0. The van der Waals surface area contributed by atoms with Crippen LogP contribution in [0.1, 0.15) is 0 Å². The van der Waals surface area contributed by atoms with Crippen LogP contribution in [0, 0.1) is 0 Å². The standard InChI is InChI=1S/C17H13N3O2S2/c1-23-17-15(16-18-9-4-10-20(16)19-17)24(21,22)14-8-7-12-5-2-3-6-13(12)11-14/h2-11H,1H3. The van der Waals surface area contributed by atoms with Crippen LogP contribution in [0.3, 0.4) is 0 Å². The highest BCUT2D eigenvalue weighted by Gasteiger charge is 2.28. The minimum Gasteiger partial charge on any atom is -0.236 e. The molecule has 0 aliphatic heterocycles. The molecule has 0 bridgehead atoms. The number of nitrogens with zero attached hydrogens (tertiary/aromatic N) is 3. The number of fused-ring (bicyclic) bond motifs is 2. The largest absolute Gasteiger partial charge is 0.236 e. The highest BCUT2D eigenvalue weighted by Crippen LogP contribution is 2.32. The van der Waals surface area contributed by atoms with Crippen molar-refractivity contribution in [1.82, 2.24) is 14.6 Å². The summed E-state index contributed by atoms with van der Waals surface area (Å²) in [6.45, 7) is 0. The summed E-state index contributed by atoms with van der Waals surface area (Å²) in [5.41, 5.74) is 0.343. The second-order valence-corrected chi connectivity index (χ2v) is 7.92. The van der Waals surface area contributed by atoms with Crippen LogP contribution >= 0.6 is 11.8 Å². The monoisotopic (exact) mass is 355 g/mol. The van der Waals surface area contributed by atoms with E-state index in [1.165, 1.54) is 16.3 Å². The van der Waals surface area contributed by atoms with E-state index < -0.39 is 9.84 Å². The summed E-state index contributed by atoms with van der Waals surface area (Å²) in [6, 6.07) is 14.5. The Morgan fingerprint density at radius 3 is 2.62 bits per heavy atom. The average Bonchev–Trinajstić information content (AvgIpc) is 3.00. The topological polar surface area (TPSA) is 64.3 Å². The molecule has 0 atom stereocenters. The molecule has 0 radical (unpaired) electrons. The molecule has 2 aromatic carbocycles. The number of hydrogen-bond acceptors (Lipinski definition) is 5. The average molecular weight is 355 g/mol. The number of benzene rings is 2. The number of rotatable bonds is 3. The number of thioether (sulfide) groups is 1. The van der Waals surface area contributed by atoms with Gasteiger partial charge in [-0.25, -0.2) is 17.9 Å². The number of hydrogen-bond donors (Lipinski definition) is 0. The van der Waals surface area contributed by atoms with Crippen molar-refractivity contribution >= 4 is 38.0 Å². The van der Waals surface area contributed by atoms with Crippen molar-refractivity contribution in [2.75, 3.05) is 6.26 Å². The predicted molar refractivity (Wildman–Crippen MR) is 94.2 cm³/mol. The first-order chi connectivity index (χ1) is 11.6. The molecule has 5 nitrogen and oxygen atoms in total. The number of aromatic nitrogens is 3. The highest BCUT2D eigenvalue weighted by atomic mass is 32.2. The molecular formula is C17H13N3O2S2. The Balaban J connectivity index is 2.00. The number of sulfone groups is 1. The molecule has 0 saturated carbocycles. The quantitative estimate of drug-likeness (QED) is 0.527. The van der Waals surface area contributed by atoms with Crippen molar-refractivity contribution < 1.29 is 8.42 Å². The maximum Gasteiger partial charge on any atom is 0.213 e. The van der Waals surface area contributed by atoms with Crippen LogP contribution in [-0.4, -0.2) is 29.3 Å². The summed E-state index contributed by atoms with van der Waals surface area (Å²) in [5.74, 6) is 0. The summed E-state index contributed by atoms with van der Waals surface area (Å²) in [5, 5.41) is 6.65. The molecule has 0 N–H and O–H groups in total. The van der Waals surface area contributed by atoms with Crippen LogP contribution < -0.4 is 0 Å². The van der Waals surface area contributed by atoms with Crippen LogP contribution in [-0.2, 0) is 9.84 Å². The van der Waals surface area contributed by atoms with Crippen LogP contribution in [0.25, 0.3) is 16.4 Å². The van der Waals surface area contributed by atoms with Crippen molar-refractivity contribution in [1.29, 1.82) is 0 Å². The van der Waals surface area contributed by atoms with Crippen molar-refractivity contribution in [2.24, 2.45) is 0 Å². The van der Waals surface area contributed by atoms with Crippen molar-refractivity contribution in [2.45, 2.75) is 14.8 Å². The van der Waals surface area contributed by atoms with Gasteiger partial charge in [0.15, 0.2) is 10.5 Å². The third-order valence-corrected chi connectivity index (χ3v) is 6.41. The molecule has 0 aliphatic rings. The van der Waals surface area contributed by atoms with Crippen LogP contribution in [0.5, 0.6) is 0 Å². The molecule has 0 spiro atoms. The maximum absolute atomic E-state index is 13.2. The van der Waals surface area contributed by atoms with Gasteiger partial charge in [-0.15, -0.1) is 11.8 Å². The summed E-state index contributed by atoms with van der Waals surface area (Å²) in [4.78, 5) is 4.62. The molecule has 0 fully saturated rings. The Morgan fingerprint density at radius 1 is 1.04 bits per heavy atom. The van der Waals surface area contributed by atoms with E-state index in [1.54, 1.807) is 36.8 Å². The summed E-state index contributed by atoms with van der Waals surface area (Å²) >= 11 is 1.30. The molecule has 120 valence electrons. The first-order valence-corrected chi connectivity index (χ1v) is 9.93. The molecule has 24 heavy (non-hydrogen) atoms. The Bertz CT molecular complexity index is 1170. The molecule has 7 heteroatoms. The van der Waals surface area contributed by atoms with Gasteiger partial charge in [0.25, 0.3) is 0 Å². The van der Waals surface area contributed by atoms with Gasteiger partial charge in [0.05, 0.1) is 4.90 Å². The molecule has 0 unspecified atom stereocenters. The fourth-order valence-electron chi connectivity index (χ4n) is 2.67. The predicted octanol–water partition coefficient (Wildman–Crippen LogP) is 3.44. The van der Waals surface area contributed by atoms with E-state index in [1.807, 2.05) is 30.3 Å². The molecule has 2 heterocycles. The van der Waals surface area contributed by atoms with Crippen LogP contribution in [0.15, 0.2) is 75.7 Å². The second kappa shape index (κ2) is 5.61. The lowest BCUT2D eigenvalue weighted by atomic mass is 10.1. The zero-order valence-corrected chi connectivity index (χ0v) is 14.4. The fourth-order valence-corrected chi connectivity index (χ4v) is 5.11. The molecule has 0 saturated heterocycles. The highest BCUT2D eigenvalue weighted by molar-refractivity contribution is 7.99. The van der Waals surface area contributed by atoms with Crippen LogP contribution in [0.2, 0.25) is 0 Å². The van der Waals surface area contributed by atoms with Crippen molar-refractivity contribution in [3.05, 3.63) is 60.9 Å². The Morgan fingerprint density at radius 2 is 1.83 bits per heavy atom. The van der Waals surface area contributed by atoms with Crippen molar-refractivity contribution in [3.63, 3.8) is 0 Å². The molecule has 0 aliphatic carbocycles. The normalized spacial score (nSPS) is 12.0. The van der Waals surface area contributed by atoms with Crippen LogP contribution in [0.4, 0.5) is 0 Å². The molecule has 4 aromatic rings. The van der Waals surface area contributed by atoms with Gasteiger partial charge in [-0.2, -0.15) is 5.10 Å². The molecule has 4 rings (SSSR count). The lowest BCUT2D eigenvalue weighted by Gasteiger charge is -2.06. The first-order valence-electron chi connectivity index (χ1n) is 7.22. The van der Waals surface area contributed by atoms with Gasteiger partial charge in [-0.3, -0.25) is 0 Å². The summed E-state index contributed by atoms with van der Waals surface area (Å²) in [7, 11) is -3.72. The minimum atomic E-state index is -3.72. The van der Waals surface area contributed by atoms with E-state index in [4.69, 9.17) is 0 Å². The van der Waals surface area contributed by atoms with E-state index in [0.717, 1.165) is 10.8 Å². The third kappa shape index (κ3) is 2.28. The van der Waals surface area contributed by atoms with Gasteiger partial charge in [0, 0.05) is 12.4 Å². The van der Waals surface area contributed by atoms with Gasteiger partial charge in [-0.1, -0.05) is 30.3 Å². The minimum absolute atomic E-state index is 0.158. The smallest absolute Gasteiger partial charge is 0.213 e. The van der Waals surface area contributed by atoms with E-state index >= 15 is 0 Å². The zero-order chi connectivity index (χ0) is 16.7. The van der Waals surface area contributed by atoms with E-state index in [9.17, 15) is 8.42 Å². The Kier molecular flexibility index (Phi) is 3.54. The summed E-state index contributed by atoms with van der Waals surface area (Å²) in [6.07, 6.45) is 5.07. The Labute approximate surface area is 143 Å².